The van der Waals surface area contributed by atoms with Crippen LogP contribution in [0.5, 0.6) is 11.8 Å². The van der Waals surface area contributed by atoms with Crippen molar-refractivity contribution in [2.75, 3.05) is 27.9 Å². The summed E-state index contributed by atoms with van der Waals surface area (Å²) in [6, 6.07) is 13.2. The number of hydrogen-bond acceptors (Lipinski definition) is 8. The molecule has 2 aliphatic rings. The average Bonchev–Trinajstić information content (AvgIpc) is 3.41. The number of nitriles is 2. The van der Waals surface area contributed by atoms with Crippen LogP contribution >= 0.6 is 0 Å². The molecule has 1 saturated carbocycles. The molecule has 1 atom stereocenters. The Balaban J connectivity index is 1.50. The molecular formula is C23H17F2N7O3S. The molecule has 1 aliphatic carbocycles. The summed E-state index contributed by atoms with van der Waals surface area (Å²) in [5.74, 6) is -3.66. The van der Waals surface area contributed by atoms with E-state index in [9.17, 15) is 22.5 Å². The maximum Gasteiger partial charge on any atom is 0.326 e. The van der Waals surface area contributed by atoms with Crippen LogP contribution in [0.3, 0.4) is 0 Å². The molecule has 36 heavy (non-hydrogen) atoms. The number of rotatable bonds is 5. The Hall–Kier alpha value is -4.49. The van der Waals surface area contributed by atoms with Gasteiger partial charge in [0, 0.05) is 31.5 Å². The number of nitrogen functional groups attached to an aromatic ring is 1. The van der Waals surface area contributed by atoms with E-state index >= 15 is 0 Å². The second-order valence-electron chi connectivity index (χ2n) is 8.36. The van der Waals surface area contributed by atoms with Crippen molar-refractivity contribution in [2.45, 2.75) is 12.3 Å². The number of ether oxygens (including phenoxy) is 1. The molecule has 0 saturated heterocycles. The number of alkyl halides is 2. The molecule has 0 amide bonds. The minimum absolute atomic E-state index is 0.0484. The summed E-state index contributed by atoms with van der Waals surface area (Å²) < 4.78 is 60.5. The Morgan fingerprint density at radius 2 is 1.89 bits per heavy atom. The normalized spacial score (nSPS) is 18.8. The lowest BCUT2D eigenvalue weighted by molar-refractivity contribution is 0.101. The van der Waals surface area contributed by atoms with E-state index in [-0.39, 0.29) is 41.8 Å². The van der Waals surface area contributed by atoms with Crippen LogP contribution in [0, 0.1) is 28.6 Å². The maximum atomic E-state index is 13.5. The van der Waals surface area contributed by atoms with E-state index in [1.165, 1.54) is 31.4 Å². The van der Waals surface area contributed by atoms with Crippen LogP contribution in [0.15, 0.2) is 42.6 Å². The summed E-state index contributed by atoms with van der Waals surface area (Å²) in [6.45, 7) is -0.313. The Labute approximate surface area is 205 Å². The van der Waals surface area contributed by atoms with Crippen molar-refractivity contribution in [3.05, 3.63) is 53.7 Å². The lowest BCUT2D eigenvalue weighted by Crippen LogP contribution is -2.37. The second kappa shape index (κ2) is 8.03. The van der Waals surface area contributed by atoms with Gasteiger partial charge in [-0.05, 0) is 35.9 Å². The fourth-order valence-corrected chi connectivity index (χ4v) is 5.41. The van der Waals surface area contributed by atoms with Gasteiger partial charge in [0.2, 0.25) is 0 Å². The lowest BCUT2D eigenvalue weighted by Gasteiger charge is -2.18. The van der Waals surface area contributed by atoms with Crippen molar-refractivity contribution >= 4 is 27.4 Å². The van der Waals surface area contributed by atoms with E-state index in [1.54, 1.807) is 18.2 Å². The first-order chi connectivity index (χ1) is 17.0. The number of fused-ring (bicyclic) bond motifs is 1. The molecule has 1 aliphatic heterocycles. The molecule has 3 aromatic rings. The molecule has 0 radical (unpaired) electrons. The molecule has 5 rings (SSSR count). The van der Waals surface area contributed by atoms with Crippen molar-refractivity contribution in [3.63, 3.8) is 0 Å². The third-order valence-electron chi connectivity index (χ3n) is 6.10. The minimum Gasteiger partial charge on any atom is -0.424 e. The van der Waals surface area contributed by atoms with Crippen LogP contribution < -0.4 is 19.1 Å². The molecule has 1 fully saturated rings. The van der Waals surface area contributed by atoms with Gasteiger partial charge in [0.1, 0.15) is 23.2 Å². The smallest absolute Gasteiger partial charge is 0.326 e. The molecular weight excluding hydrogens is 492 g/mol. The molecule has 10 nitrogen and oxygen atoms in total. The van der Waals surface area contributed by atoms with Crippen LogP contribution in [0.2, 0.25) is 0 Å². The first kappa shape index (κ1) is 23.3. The number of benzene rings is 2. The molecule has 0 spiro atoms. The largest absolute Gasteiger partial charge is 0.424 e. The SMILES string of the molecule is CN1c2cc(-c3cc(Oc4ncc(C#N)c(N)n4)ccc3C#N)ccc2N(CC2CC2(F)F)S1(=O)=O. The highest BCUT2D eigenvalue weighted by molar-refractivity contribution is 7.94. The average molecular weight is 509 g/mol. The van der Waals surface area contributed by atoms with Gasteiger partial charge < -0.3 is 10.5 Å². The zero-order valence-corrected chi connectivity index (χ0v) is 19.5. The minimum atomic E-state index is -4.01. The van der Waals surface area contributed by atoms with Gasteiger partial charge in [-0.3, -0.25) is 8.61 Å². The predicted molar refractivity (Wildman–Crippen MR) is 126 cm³/mol. The number of nitrogens with two attached hydrogens (primary N) is 1. The van der Waals surface area contributed by atoms with Gasteiger partial charge in [-0.1, -0.05) is 6.07 Å². The Morgan fingerprint density at radius 1 is 1.17 bits per heavy atom. The number of nitrogens with zero attached hydrogens (tertiary/aromatic N) is 6. The standard InChI is InChI=1S/C23H17F2N7O3S/c1-31-20-6-13(3-5-19(20)32(36(31,33)34)12-16-8-23(16,24)25)18-7-17(4-2-14(18)9-26)35-22-29-11-15(10-27)21(28)30-22/h2-7,11,16H,8,12H2,1H3,(H2,28,29,30). The molecule has 182 valence electrons. The maximum absolute atomic E-state index is 13.5. The summed E-state index contributed by atoms with van der Waals surface area (Å²) in [5.41, 5.74) is 7.63. The van der Waals surface area contributed by atoms with Crippen LogP contribution in [-0.4, -0.2) is 37.9 Å². The quantitative estimate of drug-likeness (QED) is 0.550. The predicted octanol–water partition coefficient (Wildman–Crippen LogP) is 3.42. The molecule has 0 bridgehead atoms. The highest BCUT2D eigenvalue weighted by Crippen LogP contribution is 2.52. The fourth-order valence-electron chi connectivity index (χ4n) is 3.95. The van der Waals surface area contributed by atoms with Crippen LogP contribution in [0.25, 0.3) is 11.1 Å². The number of aromatic nitrogens is 2. The summed E-state index contributed by atoms with van der Waals surface area (Å²) in [5, 5.41) is 18.6. The van der Waals surface area contributed by atoms with Gasteiger partial charge in [0.05, 0.1) is 29.2 Å². The van der Waals surface area contributed by atoms with Crippen molar-refractivity contribution in [2.24, 2.45) is 5.92 Å². The molecule has 13 heteroatoms. The number of halogens is 2. The van der Waals surface area contributed by atoms with Gasteiger partial charge >= 0.3 is 16.2 Å². The Morgan fingerprint density at radius 3 is 2.53 bits per heavy atom. The fraction of sp³-hybridized carbons (Fsp3) is 0.217. The van der Waals surface area contributed by atoms with E-state index in [2.05, 4.69) is 16.0 Å². The van der Waals surface area contributed by atoms with Crippen molar-refractivity contribution in [3.8, 4) is 35.0 Å². The topological polar surface area (TPSA) is 149 Å². The van der Waals surface area contributed by atoms with Crippen LogP contribution in [-0.2, 0) is 10.2 Å². The highest BCUT2D eigenvalue weighted by Gasteiger charge is 2.59. The lowest BCUT2D eigenvalue weighted by atomic mass is 9.99. The van der Waals surface area contributed by atoms with Gasteiger partial charge in [-0.2, -0.15) is 23.9 Å². The first-order valence-corrected chi connectivity index (χ1v) is 12.0. The second-order valence-corrected chi connectivity index (χ2v) is 10.2. The molecule has 2 aromatic carbocycles. The summed E-state index contributed by atoms with van der Waals surface area (Å²) in [6.07, 6.45) is 0.880. The summed E-state index contributed by atoms with van der Waals surface area (Å²) in [4.78, 5) is 7.87. The first-order valence-electron chi connectivity index (χ1n) is 10.6. The zero-order valence-electron chi connectivity index (χ0n) is 18.7. The van der Waals surface area contributed by atoms with E-state index in [4.69, 9.17) is 15.7 Å². The van der Waals surface area contributed by atoms with Gasteiger partial charge in [0.25, 0.3) is 5.92 Å². The van der Waals surface area contributed by atoms with Gasteiger partial charge in [0.15, 0.2) is 0 Å². The van der Waals surface area contributed by atoms with Crippen molar-refractivity contribution in [1.82, 2.24) is 9.97 Å². The Kier molecular flexibility index (Phi) is 5.19. The van der Waals surface area contributed by atoms with Gasteiger partial charge in [-0.15, -0.1) is 0 Å². The number of hydrogen-bond donors (Lipinski definition) is 1. The van der Waals surface area contributed by atoms with E-state index in [1.807, 2.05) is 6.07 Å². The van der Waals surface area contributed by atoms with Gasteiger partial charge in [-0.25, -0.2) is 13.8 Å². The zero-order chi connectivity index (χ0) is 25.8. The number of anilines is 3. The van der Waals surface area contributed by atoms with Crippen molar-refractivity contribution in [1.29, 1.82) is 10.5 Å². The summed E-state index contributed by atoms with van der Waals surface area (Å²) >= 11 is 0. The molecule has 1 aromatic heterocycles. The van der Waals surface area contributed by atoms with Crippen LogP contribution in [0.1, 0.15) is 17.5 Å². The van der Waals surface area contributed by atoms with Crippen molar-refractivity contribution < 1.29 is 21.9 Å². The Bertz CT molecular complexity index is 1600. The molecule has 1 unspecified atom stereocenters. The van der Waals surface area contributed by atoms with E-state index in [0.717, 1.165) is 8.61 Å². The molecule has 2 heterocycles. The third-order valence-corrected chi connectivity index (χ3v) is 7.89. The molecule has 2 N–H and O–H groups in total. The summed E-state index contributed by atoms with van der Waals surface area (Å²) in [7, 11) is -2.66. The monoisotopic (exact) mass is 509 g/mol. The van der Waals surface area contributed by atoms with E-state index < -0.39 is 22.0 Å². The highest BCUT2D eigenvalue weighted by atomic mass is 32.2. The third kappa shape index (κ3) is 3.79. The van der Waals surface area contributed by atoms with Crippen LogP contribution in [0.4, 0.5) is 26.0 Å². The van der Waals surface area contributed by atoms with E-state index in [0.29, 0.717) is 22.4 Å².